The number of ether oxygens (including phenoxy) is 1. The van der Waals surface area contributed by atoms with E-state index in [1.165, 1.54) is 38.5 Å². The van der Waals surface area contributed by atoms with Crippen LogP contribution >= 0.6 is 0 Å². The predicted octanol–water partition coefficient (Wildman–Crippen LogP) is 3.93. The molecular weight excluding hydrogens is 292 g/mol. The van der Waals surface area contributed by atoms with E-state index in [9.17, 15) is 4.79 Å². The molecule has 0 unspecified atom stereocenters. The van der Waals surface area contributed by atoms with Crippen LogP contribution in [0.5, 0.6) is 0 Å². The lowest BCUT2D eigenvalue weighted by Gasteiger charge is -2.41. The molecule has 5 heteroatoms. The second-order valence-electron chi connectivity index (χ2n) is 6.91. The van der Waals surface area contributed by atoms with Gasteiger partial charge in [-0.3, -0.25) is 4.79 Å². The quantitative estimate of drug-likeness (QED) is 0.825. The van der Waals surface area contributed by atoms with Crippen molar-refractivity contribution in [1.82, 2.24) is 10.1 Å². The zero-order valence-corrected chi connectivity index (χ0v) is 14.1. The molecule has 0 spiro atoms. The Morgan fingerprint density at radius 2 is 1.70 bits per heavy atom. The molecule has 1 heterocycles. The van der Waals surface area contributed by atoms with Gasteiger partial charge in [-0.1, -0.05) is 43.7 Å². The van der Waals surface area contributed by atoms with E-state index in [-0.39, 0.29) is 5.91 Å². The maximum atomic E-state index is 13.1. The van der Waals surface area contributed by atoms with Gasteiger partial charge >= 0.3 is 0 Å². The molecule has 2 fully saturated rings. The minimum atomic E-state index is 0.0508. The van der Waals surface area contributed by atoms with Gasteiger partial charge < -0.3 is 14.2 Å². The third-order valence-electron chi connectivity index (χ3n) is 5.24. The van der Waals surface area contributed by atoms with Crippen molar-refractivity contribution in [3.05, 3.63) is 17.5 Å². The van der Waals surface area contributed by atoms with Crippen LogP contribution in [-0.2, 0) is 11.3 Å². The molecule has 0 atom stereocenters. The maximum absolute atomic E-state index is 13.1. The first-order chi connectivity index (χ1) is 11.3. The van der Waals surface area contributed by atoms with Gasteiger partial charge in [0.1, 0.15) is 6.61 Å². The predicted molar refractivity (Wildman–Crippen MR) is 87.1 cm³/mol. The van der Waals surface area contributed by atoms with Crippen molar-refractivity contribution >= 4 is 5.91 Å². The van der Waals surface area contributed by atoms with E-state index in [0.29, 0.717) is 30.1 Å². The van der Waals surface area contributed by atoms with E-state index < -0.39 is 0 Å². The van der Waals surface area contributed by atoms with Crippen molar-refractivity contribution in [2.75, 3.05) is 7.11 Å². The topological polar surface area (TPSA) is 55.6 Å². The van der Waals surface area contributed by atoms with Gasteiger partial charge in [0.05, 0.1) is 0 Å². The lowest BCUT2D eigenvalue weighted by atomic mass is 9.88. The molecule has 0 saturated heterocycles. The highest BCUT2D eigenvalue weighted by molar-refractivity contribution is 5.92. The zero-order valence-electron chi connectivity index (χ0n) is 14.1. The number of hydrogen-bond acceptors (Lipinski definition) is 4. The first-order valence-corrected chi connectivity index (χ1v) is 9.07. The monoisotopic (exact) mass is 320 g/mol. The number of rotatable bonds is 5. The van der Waals surface area contributed by atoms with Crippen LogP contribution in [0.3, 0.4) is 0 Å². The number of carbonyl (C=O) groups is 1. The summed E-state index contributed by atoms with van der Waals surface area (Å²) in [6.45, 7) is 0.354. The molecule has 3 rings (SSSR count). The summed E-state index contributed by atoms with van der Waals surface area (Å²) in [6, 6.07) is 2.49. The Kier molecular flexibility index (Phi) is 5.70. The molecule has 2 aliphatic carbocycles. The summed E-state index contributed by atoms with van der Waals surface area (Å²) >= 11 is 0. The van der Waals surface area contributed by atoms with Crippen LogP contribution in [-0.4, -0.2) is 35.2 Å². The molecule has 0 radical (unpaired) electrons. The van der Waals surface area contributed by atoms with Crippen LogP contribution in [0.15, 0.2) is 10.6 Å². The minimum Gasteiger partial charge on any atom is -0.377 e. The summed E-state index contributed by atoms with van der Waals surface area (Å²) in [5.41, 5.74) is 0.438. The number of carbonyl (C=O) groups excluding carboxylic acids is 1. The van der Waals surface area contributed by atoms with Crippen molar-refractivity contribution in [3.63, 3.8) is 0 Å². The highest BCUT2D eigenvalue weighted by Crippen LogP contribution is 2.31. The van der Waals surface area contributed by atoms with Gasteiger partial charge in [-0.25, -0.2) is 0 Å². The average molecular weight is 320 g/mol. The lowest BCUT2D eigenvalue weighted by molar-refractivity contribution is 0.0438. The van der Waals surface area contributed by atoms with E-state index in [1.54, 1.807) is 13.2 Å². The molecule has 1 amide bonds. The standard InChI is InChI=1S/C18H28N2O3/c1-22-13-16-12-17(19-23-16)18(21)20(14-8-4-2-5-9-14)15-10-6-3-7-11-15/h12,14-15H,2-11,13H2,1H3. The molecule has 0 aromatic carbocycles. The summed E-state index contributed by atoms with van der Waals surface area (Å²) in [5, 5.41) is 4.00. The highest BCUT2D eigenvalue weighted by atomic mass is 16.5. The largest absolute Gasteiger partial charge is 0.377 e. The first-order valence-electron chi connectivity index (χ1n) is 9.07. The second kappa shape index (κ2) is 7.95. The van der Waals surface area contributed by atoms with Crippen LogP contribution < -0.4 is 0 Å². The number of hydrogen-bond donors (Lipinski definition) is 0. The van der Waals surface area contributed by atoms with Gasteiger partial charge in [-0.05, 0) is 25.7 Å². The van der Waals surface area contributed by atoms with Gasteiger partial charge in [-0.2, -0.15) is 0 Å². The fraction of sp³-hybridized carbons (Fsp3) is 0.778. The SMILES string of the molecule is COCc1cc(C(=O)N(C2CCCCC2)C2CCCCC2)no1. The molecule has 128 valence electrons. The summed E-state index contributed by atoms with van der Waals surface area (Å²) < 4.78 is 10.3. The highest BCUT2D eigenvalue weighted by Gasteiger charge is 2.34. The van der Waals surface area contributed by atoms with E-state index >= 15 is 0 Å². The van der Waals surface area contributed by atoms with Crippen LogP contribution in [0, 0.1) is 0 Å². The Morgan fingerprint density at radius 3 is 2.22 bits per heavy atom. The maximum Gasteiger partial charge on any atom is 0.276 e. The molecule has 2 saturated carbocycles. The van der Waals surface area contributed by atoms with Gasteiger partial charge in [0.25, 0.3) is 5.91 Å². The number of nitrogens with zero attached hydrogens (tertiary/aromatic N) is 2. The van der Waals surface area contributed by atoms with Gasteiger partial charge in [0.2, 0.25) is 0 Å². The van der Waals surface area contributed by atoms with Crippen molar-refractivity contribution in [1.29, 1.82) is 0 Å². The molecule has 0 aliphatic heterocycles. The molecule has 2 aliphatic rings. The number of aromatic nitrogens is 1. The van der Waals surface area contributed by atoms with Gasteiger partial charge in [0, 0.05) is 25.3 Å². The Labute approximate surface area is 138 Å². The molecule has 1 aromatic rings. The summed E-state index contributed by atoms with van der Waals surface area (Å²) in [4.78, 5) is 15.3. The van der Waals surface area contributed by atoms with Crippen LogP contribution in [0.2, 0.25) is 0 Å². The summed E-state index contributed by atoms with van der Waals surface area (Å²) in [6.07, 6.45) is 12.0. The second-order valence-corrected chi connectivity index (χ2v) is 6.91. The van der Waals surface area contributed by atoms with Crippen molar-refractivity contribution in [2.45, 2.75) is 82.9 Å². The van der Waals surface area contributed by atoms with Crippen LogP contribution in [0.1, 0.15) is 80.5 Å². The Morgan fingerprint density at radius 1 is 1.13 bits per heavy atom. The van der Waals surface area contributed by atoms with Crippen molar-refractivity contribution in [3.8, 4) is 0 Å². The fourth-order valence-corrected chi connectivity index (χ4v) is 4.10. The van der Waals surface area contributed by atoms with Crippen molar-refractivity contribution in [2.24, 2.45) is 0 Å². The molecule has 23 heavy (non-hydrogen) atoms. The van der Waals surface area contributed by atoms with Gasteiger partial charge in [-0.15, -0.1) is 0 Å². The molecule has 0 bridgehead atoms. The van der Waals surface area contributed by atoms with E-state index in [2.05, 4.69) is 10.1 Å². The Hall–Kier alpha value is -1.36. The number of methoxy groups -OCH3 is 1. The van der Waals surface area contributed by atoms with Gasteiger partial charge in [0.15, 0.2) is 11.5 Å². The van der Waals surface area contributed by atoms with E-state index in [0.717, 1.165) is 25.7 Å². The smallest absolute Gasteiger partial charge is 0.276 e. The normalized spacial score (nSPS) is 20.6. The molecule has 5 nitrogen and oxygen atoms in total. The van der Waals surface area contributed by atoms with Crippen LogP contribution in [0.25, 0.3) is 0 Å². The van der Waals surface area contributed by atoms with E-state index in [1.807, 2.05) is 0 Å². The average Bonchev–Trinajstić information content (AvgIpc) is 3.06. The Bertz CT molecular complexity index is 484. The minimum absolute atomic E-state index is 0.0508. The zero-order chi connectivity index (χ0) is 16.1. The summed E-state index contributed by atoms with van der Waals surface area (Å²) in [7, 11) is 1.61. The first kappa shape index (κ1) is 16.5. The fourth-order valence-electron chi connectivity index (χ4n) is 4.10. The molecular formula is C18H28N2O3. The summed E-state index contributed by atoms with van der Waals surface area (Å²) in [5.74, 6) is 0.665. The number of amides is 1. The Balaban J connectivity index is 1.78. The molecule has 1 aromatic heterocycles. The molecule has 0 N–H and O–H groups in total. The van der Waals surface area contributed by atoms with Crippen molar-refractivity contribution < 1.29 is 14.1 Å². The third-order valence-corrected chi connectivity index (χ3v) is 5.24. The van der Waals surface area contributed by atoms with Crippen LogP contribution in [0.4, 0.5) is 0 Å². The lowest BCUT2D eigenvalue weighted by Crippen LogP contribution is -2.48. The van der Waals surface area contributed by atoms with E-state index in [4.69, 9.17) is 9.26 Å². The third kappa shape index (κ3) is 3.94.